The molecule has 1 aromatic rings. The lowest BCUT2D eigenvalue weighted by Crippen LogP contribution is -2.33. The van der Waals surface area contributed by atoms with Gasteiger partial charge in [-0.05, 0) is 26.7 Å². The van der Waals surface area contributed by atoms with E-state index in [1.54, 1.807) is 0 Å². The zero-order chi connectivity index (χ0) is 12.8. The number of hydrogen-bond acceptors (Lipinski definition) is 4. The fourth-order valence-electron chi connectivity index (χ4n) is 1.56. The van der Waals surface area contributed by atoms with Gasteiger partial charge >= 0.3 is 6.01 Å². The third kappa shape index (κ3) is 3.87. The van der Waals surface area contributed by atoms with E-state index >= 15 is 0 Å². The van der Waals surface area contributed by atoms with Gasteiger partial charge in [-0.25, -0.2) is 0 Å². The van der Waals surface area contributed by atoms with Crippen LogP contribution in [-0.4, -0.2) is 22.8 Å². The van der Waals surface area contributed by atoms with Crippen molar-refractivity contribution in [1.82, 2.24) is 10.2 Å². The fourth-order valence-corrected chi connectivity index (χ4v) is 1.64. The van der Waals surface area contributed by atoms with Gasteiger partial charge in [-0.3, -0.25) is 0 Å². The van der Waals surface area contributed by atoms with Crippen molar-refractivity contribution >= 4 is 17.6 Å². The Labute approximate surface area is 108 Å². The number of anilines is 1. The van der Waals surface area contributed by atoms with Gasteiger partial charge in [0.05, 0.1) is 0 Å². The number of nitrogens with zero attached hydrogens (tertiary/aromatic N) is 3. The highest BCUT2D eigenvalue weighted by Crippen LogP contribution is 2.23. The van der Waals surface area contributed by atoms with E-state index in [4.69, 9.17) is 16.0 Å². The molecule has 5 heteroatoms. The molecule has 2 atom stereocenters. The summed E-state index contributed by atoms with van der Waals surface area (Å²) < 4.78 is 5.60. The Bertz CT molecular complexity index is 327. The van der Waals surface area contributed by atoms with Crippen LogP contribution in [0.25, 0.3) is 0 Å². The predicted octanol–water partition coefficient (Wildman–Crippen LogP) is 3.77. The van der Waals surface area contributed by atoms with Crippen LogP contribution in [0, 0.1) is 0 Å². The summed E-state index contributed by atoms with van der Waals surface area (Å²) >= 11 is 5.92. The molecule has 98 valence electrons. The van der Waals surface area contributed by atoms with Crippen molar-refractivity contribution in [2.24, 2.45) is 0 Å². The van der Waals surface area contributed by atoms with Crippen LogP contribution in [0.1, 0.15) is 58.2 Å². The molecule has 0 aromatic carbocycles. The minimum atomic E-state index is -0.235. The topological polar surface area (TPSA) is 42.2 Å². The monoisotopic (exact) mass is 259 g/mol. The van der Waals surface area contributed by atoms with Gasteiger partial charge in [-0.2, -0.15) is 0 Å². The van der Waals surface area contributed by atoms with Crippen LogP contribution in [0.3, 0.4) is 0 Å². The standard InChI is InChI=1S/C12H22ClN3O/c1-5-7-8-16(9(3)6-2)12-15-14-11(17-12)10(4)13/h9-10H,5-8H2,1-4H3. The molecule has 0 spiro atoms. The zero-order valence-electron chi connectivity index (χ0n) is 11.1. The first kappa shape index (κ1) is 14.3. The van der Waals surface area contributed by atoms with E-state index in [0.717, 1.165) is 25.8 Å². The highest BCUT2D eigenvalue weighted by molar-refractivity contribution is 6.20. The van der Waals surface area contributed by atoms with Crippen LogP contribution in [0.15, 0.2) is 4.42 Å². The van der Waals surface area contributed by atoms with Gasteiger partial charge in [0, 0.05) is 12.6 Å². The van der Waals surface area contributed by atoms with Crippen LogP contribution in [0.2, 0.25) is 0 Å². The molecule has 4 nitrogen and oxygen atoms in total. The third-order valence-corrected chi connectivity index (χ3v) is 3.08. The number of halogens is 1. The summed E-state index contributed by atoms with van der Waals surface area (Å²) in [6, 6.07) is 0.996. The number of aromatic nitrogens is 2. The molecule has 0 radical (unpaired) electrons. The fraction of sp³-hybridized carbons (Fsp3) is 0.833. The molecule has 1 heterocycles. The van der Waals surface area contributed by atoms with Crippen molar-refractivity contribution in [3.63, 3.8) is 0 Å². The highest BCUT2D eigenvalue weighted by atomic mass is 35.5. The Morgan fingerprint density at radius 3 is 2.47 bits per heavy atom. The zero-order valence-corrected chi connectivity index (χ0v) is 11.9. The van der Waals surface area contributed by atoms with Gasteiger partial charge in [0.25, 0.3) is 0 Å². The van der Waals surface area contributed by atoms with Crippen molar-refractivity contribution in [3.8, 4) is 0 Å². The summed E-state index contributed by atoms with van der Waals surface area (Å²) in [5.74, 6) is 0.492. The van der Waals surface area contributed by atoms with Crippen LogP contribution >= 0.6 is 11.6 Å². The molecule has 0 saturated heterocycles. The normalized spacial score (nSPS) is 14.6. The first-order valence-electron chi connectivity index (χ1n) is 6.34. The third-order valence-electron chi connectivity index (χ3n) is 2.89. The lowest BCUT2D eigenvalue weighted by atomic mass is 10.2. The summed E-state index contributed by atoms with van der Waals surface area (Å²) in [5.41, 5.74) is 0. The molecule has 17 heavy (non-hydrogen) atoms. The summed E-state index contributed by atoms with van der Waals surface area (Å²) in [4.78, 5) is 2.17. The second-order valence-corrected chi connectivity index (χ2v) is 5.00. The first-order chi connectivity index (χ1) is 8.10. The first-order valence-corrected chi connectivity index (χ1v) is 6.77. The van der Waals surface area contributed by atoms with E-state index < -0.39 is 0 Å². The molecule has 0 saturated carbocycles. The van der Waals surface area contributed by atoms with Crippen LogP contribution in [0.5, 0.6) is 0 Å². The largest absolute Gasteiger partial charge is 0.406 e. The molecular formula is C12H22ClN3O. The molecular weight excluding hydrogens is 238 g/mol. The van der Waals surface area contributed by atoms with E-state index in [1.807, 2.05) is 6.92 Å². The Balaban J connectivity index is 2.80. The lowest BCUT2D eigenvalue weighted by Gasteiger charge is -2.26. The summed E-state index contributed by atoms with van der Waals surface area (Å²) in [5, 5.41) is 7.82. The number of hydrogen-bond donors (Lipinski definition) is 0. The van der Waals surface area contributed by atoms with E-state index in [2.05, 4.69) is 35.9 Å². The van der Waals surface area contributed by atoms with Crippen molar-refractivity contribution in [3.05, 3.63) is 5.89 Å². The molecule has 0 N–H and O–H groups in total. The second kappa shape index (κ2) is 6.84. The Hall–Kier alpha value is -0.770. The van der Waals surface area contributed by atoms with Gasteiger partial charge in [-0.1, -0.05) is 25.4 Å². The van der Waals surface area contributed by atoms with Crippen LogP contribution in [-0.2, 0) is 0 Å². The van der Waals surface area contributed by atoms with Crippen LogP contribution < -0.4 is 4.90 Å². The molecule has 0 bridgehead atoms. The molecule has 0 amide bonds. The van der Waals surface area contributed by atoms with Crippen molar-refractivity contribution in [1.29, 1.82) is 0 Å². The second-order valence-electron chi connectivity index (χ2n) is 4.34. The Kier molecular flexibility index (Phi) is 5.75. The number of rotatable bonds is 7. The lowest BCUT2D eigenvalue weighted by molar-refractivity contribution is 0.458. The molecule has 0 fully saturated rings. The highest BCUT2D eigenvalue weighted by Gasteiger charge is 2.20. The maximum absolute atomic E-state index is 5.92. The average molecular weight is 260 g/mol. The Morgan fingerprint density at radius 2 is 2.00 bits per heavy atom. The van der Waals surface area contributed by atoms with E-state index in [-0.39, 0.29) is 5.38 Å². The van der Waals surface area contributed by atoms with Gasteiger partial charge < -0.3 is 9.32 Å². The predicted molar refractivity (Wildman–Crippen MR) is 70.6 cm³/mol. The SMILES string of the molecule is CCCCN(c1nnc(C(C)Cl)o1)C(C)CC. The molecule has 1 rings (SSSR count). The van der Waals surface area contributed by atoms with Crippen LogP contribution in [0.4, 0.5) is 6.01 Å². The summed E-state index contributed by atoms with van der Waals surface area (Å²) in [7, 11) is 0. The molecule has 1 aromatic heterocycles. The van der Waals surface area contributed by atoms with E-state index in [9.17, 15) is 0 Å². The number of unbranched alkanes of at least 4 members (excludes halogenated alkanes) is 1. The van der Waals surface area contributed by atoms with Gasteiger partial charge in [0.15, 0.2) is 0 Å². The maximum atomic E-state index is 5.92. The average Bonchev–Trinajstić information content (AvgIpc) is 2.78. The minimum absolute atomic E-state index is 0.235. The van der Waals surface area contributed by atoms with Gasteiger partial charge in [0.1, 0.15) is 5.38 Å². The minimum Gasteiger partial charge on any atom is -0.406 e. The van der Waals surface area contributed by atoms with E-state index in [1.165, 1.54) is 0 Å². The quantitative estimate of drug-likeness (QED) is 0.699. The molecule has 0 aliphatic carbocycles. The summed E-state index contributed by atoms with van der Waals surface area (Å²) in [6.45, 7) is 9.28. The Morgan fingerprint density at radius 1 is 1.29 bits per heavy atom. The molecule has 2 unspecified atom stereocenters. The van der Waals surface area contributed by atoms with Gasteiger partial charge in [0.2, 0.25) is 5.89 Å². The smallest absolute Gasteiger partial charge is 0.318 e. The number of alkyl halides is 1. The van der Waals surface area contributed by atoms with Crippen molar-refractivity contribution < 1.29 is 4.42 Å². The summed E-state index contributed by atoms with van der Waals surface area (Å²) in [6.07, 6.45) is 3.33. The van der Waals surface area contributed by atoms with Crippen molar-refractivity contribution in [2.45, 2.75) is 58.4 Å². The van der Waals surface area contributed by atoms with Gasteiger partial charge in [-0.15, -0.1) is 16.7 Å². The van der Waals surface area contributed by atoms with Crippen molar-refractivity contribution in [2.75, 3.05) is 11.4 Å². The van der Waals surface area contributed by atoms with E-state index in [0.29, 0.717) is 17.9 Å². The molecule has 0 aliphatic rings. The molecule has 0 aliphatic heterocycles. The maximum Gasteiger partial charge on any atom is 0.318 e.